The highest BCUT2D eigenvalue weighted by atomic mass is 19.1. The van der Waals surface area contributed by atoms with Crippen LogP contribution < -0.4 is 10.1 Å². The maximum absolute atomic E-state index is 13.6. The molecule has 0 fully saturated rings. The third-order valence-electron chi connectivity index (χ3n) is 3.11. The van der Waals surface area contributed by atoms with E-state index in [0.717, 1.165) is 6.42 Å². The molecule has 0 saturated heterocycles. The van der Waals surface area contributed by atoms with Crippen LogP contribution in [0.4, 0.5) is 10.2 Å². The Kier molecular flexibility index (Phi) is 5.69. The summed E-state index contributed by atoms with van der Waals surface area (Å²) >= 11 is 0. The molecule has 1 N–H and O–H groups in total. The molecule has 2 aromatic rings. The van der Waals surface area contributed by atoms with E-state index in [-0.39, 0.29) is 11.7 Å². The van der Waals surface area contributed by atoms with Gasteiger partial charge in [0.2, 0.25) is 5.88 Å². The highest BCUT2D eigenvalue weighted by Crippen LogP contribution is 2.19. The van der Waals surface area contributed by atoms with Gasteiger partial charge in [-0.2, -0.15) is 4.98 Å². The Morgan fingerprint density at radius 2 is 2.00 bits per heavy atom. The molecule has 0 amide bonds. The van der Waals surface area contributed by atoms with Crippen LogP contribution in [0.1, 0.15) is 44.5 Å². The molecule has 0 aliphatic heterocycles. The van der Waals surface area contributed by atoms with Crippen molar-refractivity contribution in [2.75, 3.05) is 11.9 Å². The van der Waals surface area contributed by atoms with Crippen LogP contribution in [0.2, 0.25) is 0 Å². The minimum absolute atomic E-state index is 0.194. The Hall–Kier alpha value is -2.17. The Morgan fingerprint density at radius 1 is 1.23 bits per heavy atom. The summed E-state index contributed by atoms with van der Waals surface area (Å²) < 4.78 is 19.2. The molecule has 1 aromatic heterocycles. The zero-order valence-electron chi connectivity index (χ0n) is 13.3. The molecular weight excluding hydrogens is 281 g/mol. The molecule has 118 valence electrons. The molecule has 0 unspecified atom stereocenters. The van der Waals surface area contributed by atoms with Gasteiger partial charge in [-0.3, -0.25) is 0 Å². The van der Waals surface area contributed by atoms with Gasteiger partial charge in [-0.25, -0.2) is 9.37 Å². The van der Waals surface area contributed by atoms with Crippen molar-refractivity contribution in [3.63, 3.8) is 0 Å². The number of hydrogen-bond donors (Lipinski definition) is 1. The van der Waals surface area contributed by atoms with Gasteiger partial charge in [0.25, 0.3) is 0 Å². The molecule has 0 spiro atoms. The standard InChI is InChI=1S/C17H22FN3O/c1-4-9-22-16-10-15(20-17(21-16)12(2)3)19-11-13-7-5-6-8-14(13)18/h5-8,10,12H,4,9,11H2,1-3H3,(H,19,20,21). The smallest absolute Gasteiger partial charge is 0.218 e. The van der Waals surface area contributed by atoms with E-state index in [9.17, 15) is 4.39 Å². The van der Waals surface area contributed by atoms with Crippen molar-refractivity contribution in [2.45, 2.75) is 39.7 Å². The molecule has 1 aromatic carbocycles. The number of aromatic nitrogens is 2. The van der Waals surface area contributed by atoms with Gasteiger partial charge in [0, 0.05) is 24.1 Å². The van der Waals surface area contributed by atoms with Crippen LogP contribution >= 0.6 is 0 Å². The summed E-state index contributed by atoms with van der Waals surface area (Å²) in [5, 5.41) is 3.14. The van der Waals surface area contributed by atoms with Gasteiger partial charge in [-0.1, -0.05) is 39.0 Å². The molecule has 1 heterocycles. The topological polar surface area (TPSA) is 47.0 Å². The first-order chi connectivity index (χ1) is 10.6. The van der Waals surface area contributed by atoms with E-state index in [2.05, 4.69) is 15.3 Å². The van der Waals surface area contributed by atoms with Gasteiger partial charge < -0.3 is 10.1 Å². The maximum Gasteiger partial charge on any atom is 0.218 e. The fourth-order valence-corrected chi connectivity index (χ4v) is 1.90. The molecule has 0 bridgehead atoms. The summed E-state index contributed by atoms with van der Waals surface area (Å²) in [6, 6.07) is 8.45. The summed E-state index contributed by atoms with van der Waals surface area (Å²) in [6.45, 7) is 7.08. The van der Waals surface area contributed by atoms with Crippen LogP contribution in [0.5, 0.6) is 5.88 Å². The fourth-order valence-electron chi connectivity index (χ4n) is 1.90. The van der Waals surface area contributed by atoms with Crippen LogP contribution in [0.3, 0.4) is 0 Å². The number of halogens is 1. The van der Waals surface area contributed by atoms with E-state index in [1.54, 1.807) is 18.2 Å². The lowest BCUT2D eigenvalue weighted by Gasteiger charge is -2.12. The first-order valence-electron chi connectivity index (χ1n) is 7.59. The van der Waals surface area contributed by atoms with Gasteiger partial charge in [-0.15, -0.1) is 0 Å². The number of nitrogens with one attached hydrogen (secondary N) is 1. The summed E-state index contributed by atoms with van der Waals surface area (Å²) in [5.41, 5.74) is 0.600. The minimum Gasteiger partial charge on any atom is -0.478 e. The minimum atomic E-state index is -0.226. The molecule has 5 heteroatoms. The molecule has 0 aliphatic rings. The molecule has 0 saturated carbocycles. The molecule has 0 radical (unpaired) electrons. The lowest BCUT2D eigenvalue weighted by molar-refractivity contribution is 0.303. The quantitative estimate of drug-likeness (QED) is 0.835. The van der Waals surface area contributed by atoms with E-state index < -0.39 is 0 Å². The van der Waals surface area contributed by atoms with Crippen molar-refractivity contribution in [1.29, 1.82) is 0 Å². The SMILES string of the molecule is CCCOc1cc(NCc2ccccc2F)nc(C(C)C)n1. The summed E-state index contributed by atoms with van der Waals surface area (Å²) in [5.74, 6) is 1.88. The third kappa shape index (κ3) is 4.41. The number of anilines is 1. The summed E-state index contributed by atoms with van der Waals surface area (Å²) in [6.07, 6.45) is 0.916. The number of hydrogen-bond acceptors (Lipinski definition) is 4. The van der Waals surface area contributed by atoms with Crippen molar-refractivity contribution >= 4 is 5.82 Å². The monoisotopic (exact) mass is 303 g/mol. The van der Waals surface area contributed by atoms with Crippen LogP contribution in [0, 0.1) is 5.82 Å². The van der Waals surface area contributed by atoms with E-state index in [1.807, 2.05) is 26.8 Å². The van der Waals surface area contributed by atoms with Crippen molar-refractivity contribution in [2.24, 2.45) is 0 Å². The average Bonchev–Trinajstić information content (AvgIpc) is 2.52. The van der Waals surface area contributed by atoms with Gasteiger partial charge in [-0.05, 0) is 12.5 Å². The summed E-state index contributed by atoms with van der Waals surface area (Å²) in [7, 11) is 0. The normalized spacial score (nSPS) is 10.8. The average molecular weight is 303 g/mol. The molecule has 0 atom stereocenters. The number of benzene rings is 1. The zero-order chi connectivity index (χ0) is 15.9. The van der Waals surface area contributed by atoms with E-state index in [0.29, 0.717) is 36.2 Å². The fraction of sp³-hybridized carbons (Fsp3) is 0.412. The molecule has 2 rings (SSSR count). The van der Waals surface area contributed by atoms with Crippen LogP contribution in [0.15, 0.2) is 30.3 Å². The van der Waals surface area contributed by atoms with Gasteiger partial charge >= 0.3 is 0 Å². The molecule has 4 nitrogen and oxygen atoms in total. The van der Waals surface area contributed by atoms with Gasteiger partial charge in [0.05, 0.1) is 6.61 Å². The number of nitrogens with zero attached hydrogens (tertiary/aromatic N) is 2. The van der Waals surface area contributed by atoms with E-state index in [1.165, 1.54) is 6.07 Å². The molecule has 22 heavy (non-hydrogen) atoms. The highest BCUT2D eigenvalue weighted by molar-refractivity contribution is 5.40. The second-order valence-electron chi connectivity index (χ2n) is 5.40. The van der Waals surface area contributed by atoms with Crippen LogP contribution in [-0.2, 0) is 6.54 Å². The van der Waals surface area contributed by atoms with E-state index in [4.69, 9.17) is 4.74 Å². The third-order valence-corrected chi connectivity index (χ3v) is 3.11. The first kappa shape index (κ1) is 16.2. The van der Waals surface area contributed by atoms with Crippen molar-refractivity contribution < 1.29 is 9.13 Å². The zero-order valence-corrected chi connectivity index (χ0v) is 13.3. The largest absolute Gasteiger partial charge is 0.478 e. The van der Waals surface area contributed by atoms with Gasteiger partial charge in [0.15, 0.2) is 0 Å². The number of ether oxygens (including phenoxy) is 1. The van der Waals surface area contributed by atoms with Crippen LogP contribution in [-0.4, -0.2) is 16.6 Å². The lowest BCUT2D eigenvalue weighted by Crippen LogP contribution is -2.08. The Bertz CT molecular complexity index is 617. The van der Waals surface area contributed by atoms with Gasteiger partial charge in [0.1, 0.15) is 17.5 Å². The maximum atomic E-state index is 13.6. The Balaban J connectivity index is 2.15. The molecular formula is C17H22FN3O. The second kappa shape index (κ2) is 7.73. The summed E-state index contributed by atoms with van der Waals surface area (Å²) in [4.78, 5) is 8.86. The predicted octanol–water partition coefficient (Wildman–Crippen LogP) is 4.14. The highest BCUT2D eigenvalue weighted by Gasteiger charge is 2.09. The van der Waals surface area contributed by atoms with E-state index >= 15 is 0 Å². The molecule has 0 aliphatic carbocycles. The lowest BCUT2D eigenvalue weighted by atomic mass is 10.2. The van der Waals surface area contributed by atoms with Crippen LogP contribution in [0.25, 0.3) is 0 Å². The Morgan fingerprint density at radius 3 is 2.68 bits per heavy atom. The first-order valence-corrected chi connectivity index (χ1v) is 7.59. The van der Waals surface area contributed by atoms with Crippen molar-refractivity contribution in [3.05, 3.63) is 47.5 Å². The Labute approximate surface area is 130 Å². The second-order valence-corrected chi connectivity index (χ2v) is 5.40. The number of rotatable bonds is 7. The predicted molar refractivity (Wildman–Crippen MR) is 85.6 cm³/mol. The van der Waals surface area contributed by atoms with Crippen molar-refractivity contribution in [1.82, 2.24) is 9.97 Å². The van der Waals surface area contributed by atoms with Crippen molar-refractivity contribution in [3.8, 4) is 5.88 Å².